The molecule has 0 aliphatic rings. The molecule has 3 rings (SSSR count). The zero-order valence-electron chi connectivity index (χ0n) is 11.3. The standard InChI is InChI=1S/C7H4BrFO.C7H4BrN3O2/c8-6-2-1-5(4-10)7(9)3-6;8-5-2-6-4(3-9-10-6)1-7(5)11(12)13/h1-4H;1-3H,(H,9,10). The molecule has 0 spiro atoms. The molecule has 0 aliphatic heterocycles. The fourth-order valence-electron chi connectivity index (χ4n) is 1.69. The number of nitrogens with zero attached hydrogens (tertiary/aromatic N) is 2. The van der Waals surface area contributed by atoms with E-state index < -0.39 is 10.7 Å². The molecule has 0 saturated heterocycles. The highest BCUT2D eigenvalue weighted by molar-refractivity contribution is 9.10. The van der Waals surface area contributed by atoms with Crippen molar-refractivity contribution in [3.05, 3.63) is 67.0 Å². The van der Waals surface area contributed by atoms with Crippen molar-refractivity contribution in [2.45, 2.75) is 0 Å². The maximum atomic E-state index is 12.6. The third kappa shape index (κ3) is 4.20. The number of halogens is 3. The van der Waals surface area contributed by atoms with E-state index in [1.165, 1.54) is 18.2 Å². The van der Waals surface area contributed by atoms with Gasteiger partial charge in [-0.25, -0.2) is 4.39 Å². The Morgan fingerprint density at radius 2 is 2.00 bits per heavy atom. The van der Waals surface area contributed by atoms with Crippen LogP contribution in [0.4, 0.5) is 10.1 Å². The van der Waals surface area contributed by atoms with Gasteiger partial charge in [0, 0.05) is 15.9 Å². The molecule has 23 heavy (non-hydrogen) atoms. The van der Waals surface area contributed by atoms with Gasteiger partial charge in [0.15, 0.2) is 6.29 Å². The van der Waals surface area contributed by atoms with E-state index in [-0.39, 0.29) is 11.3 Å². The van der Waals surface area contributed by atoms with Crippen LogP contribution >= 0.6 is 31.9 Å². The molecule has 0 radical (unpaired) electrons. The van der Waals surface area contributed by atoms with Crippen LogP contribution in [0.3, 0.4) is 0 Å². The third-order valence-electron chi connectivity index (χ3n) is 2.79. The summed E-state index contributed by atoms with van der Waals surface area (Å²) in [7, 11) is 0. The molecule has 0 fully saturated rings. The van der Waals surface area contributed by atoms with E-state index in [0.717, 1.165) is 10.9 Å². The molecule has 1 aromatic heterocycles. The summed E-state index contributed by atoms with van der Waals surface area (Å²) in [4.78, 5) is 20.2. The zero-order chi connectivity index (χ0) is 17.0. The van der Waals surface area contributed by atoms with Crippen LogP contribution < -0.4 is 0 Å². The van der Waals surface area contributed by atoms with Crippen molar-refractivity contribution < 1.29 is 14.1 Å². The number of aldehydes is 1. The van der Waals surface area contributed by atoms with Crippen LogP contribution in [0.5, 0.6) is 0 Å². The lowest BCUT2D eigenvalue weighted by Crippen LogP contribution is -1.88. The number of carbonyl (C=O) groups excluding carboxylic acids is 1. The van der Waals surface area contributed by atoms with Crippen LogP contribution in [0.2, 0.25) is 0 Å². The number of nitro benzene ring substituents is 1. The van der Waals surface area contributed by atoms with E-state index in [1.54, 1.807) is 18.3 Å². The molecule has 3 aromatic rings. The number of fused-ring (bicyclic) bond motifs is 1. The SMILES string of the molecule is O=Cc1ccc(Br)cc1F.O=[N+]([O-])c1cc2cn[nH]c2cc1Br. The Morgan fingerprint density at radius 1 is 1.26 bits per heavy atom. The van der Waals surface area contributed by atoms with Crippen LogP contribution in [0.15, 0.2) is 45.5 Å². The van der Waals surface area contributed by atoms with Gasteiger partial charge in [-0.05, 0) is 40.2 Å². The van der Waals surface area contributed by atoms with Crippen LogP contribution in [0.1, 0.15) is 10.4 Å². The molecule has 0 aliphatic carbocycles. The first kappa shape index (κ1) is 17.2. The fraction of sp³-hybridized carbons (Fsp3) is 0. The first-order valence-electron chi connectivity index (χ1n) is 6.09. The number of aromatic nitrogens is 2. The normalized spacial score (nSPS) is 10.0. The number of rotatable bonds is 2. The van der Waals surface area contributed by atoms with Crippen LogP contribution in [-0.4, -0.2) is 21.4 Å². The van der Waals surface area contributed by atoms with Crippen LogP contribution in [0, 0.1) is 15.9 Å². The highest BCUT2D eigenvalue weighted by atomic mass is 79.9. The predicted octanol–water partition coefficient (Wildman–Crippen LogP) is 4.63. The van der Waals surface area contributed by atoms with Crippen LogP contribution in [-0.2, 0) is 0 Å². The average Bonchev–Trinajstić information content (AvgIpc) is 2.94. The highest BCUT2D eigenvalue weighted by Crippen LogP contribution is 2.28. The third-order valence-corrected chi connectivity index (χ3v) is 3.92. The molecule has 0 atom stereocenters. The lowest BCUT2D eigenvalue weighted by Gasteiger charge is -1.94. The van der Waals surface area contributed by atoms with Crippen molar-refractivity contribution in [2.24, 2.45) is 0 Å². The maximum Gasteiger partial charge on any atom is 0.284 e. The van der Waals surface area contributed by atoms with Crippen molar-refractivity contribution in [1.82, 2.24) is 10.2 Å². The summed E-state index contributed by atoms with van der Waals surface area (Å²) in [5.74, 6) is -0.496. The molecule has 0 amide bonds. The summed E-state index contributed by atoms with van der Waals surface area (Å²) >= 11 is 6.18. The summed E-state index contributed by atoms with van der Waals surface area (Å²) in [6.07, 6.45) is 2.04. The number of benzene rings is 2. The average molecular weight is 445 g/mol. The molecule has 2 aromatic carbocycles. The second-order valence-electron chi connectivity index (χ2n) is 4.30. The largest absolute Gasteiger partial charge is 0.298 e. The summed E-state index contributed by atoms with van der Waals surface area (Å²) < 4.78 is 13.7. The molecule has 9 heteroatoms. The van der Waals surface area contributed by atoms with E-state index in [9.17, 15) is 19.3 Å². The highest BCUT2D eigenvalue weighted by Gasteiger charge is 2.13. The number of aromatic amines is 1. The number of nitrogens with one attached hydrogen (secondary N) is 1. The van der Waals surface area contributed by atoms with Gasteiger partial charge in [0.2, 0.25) is 0 Å². The lowest BCUT2D eigenvalue weighted by atomic mass is 10.2. The first-order chi connectivity index (χ1) is 10.9. The first-order valence-corrected chi connectivity index (χ1v) is 7.68. The summed E-state index contributed by atoms with van der Waals surface area (Å²) in [6.45, 7) is 0. The molecule has 118 valence electrons. The molecular weight excluding hydrogens is 437 g/mol. The molecule has 6 nitrogen and oxygen atoms in total. The number of carbonyl (C=O) groups is 1. The monoisotopic (exact) mass is 443 g/mol. The minimum atomic E-state index is -0.496. The number of nitro groups is 1. The number of hydrogen-bond donors (Lipinski definition) is 1. The Hall–Kier alpha value is -2.13. The molecule has 1 heterocycles. The zero-order valence-corrected chi connectivity index (χ0v) is 14.5. The second kappa shape index (κ2) is 7.42. The van der Waals surface area contributed by atoms with Crippen LogP contribution in [0.25, 0.3) is 10.9 Å². The smallest absolute Gasteiger partial charge is 0.284 e. The van der Waals surface area contributed by atoms with Gasteiger partial charge in [-0.15, -0.1) is 0 Å². The summed E-state index contributed by atoms with van der Waals surface area (Å²) in [6, 6.07) is 7.41. The Kier molecular flexibility index (Phi) is 5.56. The van der Waals surface area contributed by atoms with Gasteiger partial charge < -0.3 is 0 Å². The van der Waals surface area contributed by atoms with E-state index in [2.05, 4.69) is 42.1 Å². The summed E-state index contributed by atoms with van der Waals surface area (Å²) in [5.41, 5.74) is 0.912. The van der Waals surface area contributed by atoms with Gasteiger partial charge in [-0.3, -0.25) is 20.0 Å². The molecule has 0 bridgehead atoms. The maximum absolute atomic E-state index is 12.6. The predicted molar refractivity (Wildman–Crippen MR) is 89.9 cm³/mol. The van der Waals surface area contributed by atoms with Crippen molar-refractivity contribution in [3.63, 3.8) is 0 Å². The Bertz CT molecular complexity index is 883. The lowest BCUT2D eigenvalue weighted by molar-refractivity contribution is -0.385. The quantitative estimate of drug-likeness (QED) is 0.354. The van der Waals surface area contributed by atoms with Gasteiger partial charge in [0.1, 0.15) is 5.82 Å². The van der Waals surface area contributed by atoms with Crippen molar-refractivity contribution >= 4 is 54.7 Å². The van der Waals surface area contributed by atoms with Gasteiger partial charge in [0.25, 0.3) is 5.69 Å². The fourth-order valence-corrected chi connectivity index (χ4v) is 2.51. The number of hydrogen-bond acceptors (Lipinski definition) is 4. The van der Waals surface area contributed by atoms with Crippen molar-refractivity contribution in [3.8, 4) is 0 Å². The molecule has 1 N–H and O–H groups in total. The minimum absolute atomic E-state index is 0.0499. The molecule has 0 saturated carbocycles. The Balaban J connectivity index is 0.000000174. The van der Waals surface area contributed by atoms with Crippen molar-refractivity contribution in [2.75, 3.05) is 0 Å². The van der Waals surface area contributed by atoms with E-state index in [1.807, 2.05) is 0 Å². The van der Waals surface area contributed by atoms with E-state index in [0.29, 0.717) is 15.2 Å². The van der Waals surface area contributed by atoms with Gasteiger partial charge in [0.05, 0.1) is 26.7 Å². The Morgan fingerprint density at radius 3 is 2.61 bits per heavy atom. The number of H-pyrrole nitrogens is 1. The van der Waals surface area contributed by atoms with E-state index >= 15 is 0 Å². The second-order valence-corrected chi connectivity index (χ2v) is 6.07. The molecular formula is C14H8Br2FN3O3. The topological polar surface area (TPSA) is 88.9 Å². The van der Waals surface area contributed by atoms with Crippen molar-refractivity contribution in [1.29, 1.82) is 0 Å². The van der Waals surface area contributed by atoms with Gasteiger partial charge in [-0.2, -0.15) is 5.10 Å². The summed E-state index contributed by atoms with van der Waals surface area (Å²) in [5, 5.41) is 17.8. The van der Waals surface area contributed by atoms with Gasteiger partial charge in [-0.1, -0.05) is 15.9 Å². The molecule has 0 unspecified atom stereocenters. The Labute approximate surface area is 146 Å². The van der Waals surface area contributed by atoms with E-state index in [4.69, 9.17) is 0 Å². The van der Waals surface area contributed by atoms with Gasteiger partial charge >= 0.3 is 0 Å². The minimum Gasteiger partial charge on any atom is -0.298 e.